The average molecular weight is 478 g/mol. The Morgan fingerprint density at radius 2 is 1.88 bits per heavy atom. The molecule has 1 saturated carbocycles. The molecule has 32 heavy (non-hydrogen) atoms. The third-order valence-electron chi connectivity index (χ3n) is 5.12. The van der Waals surface area contributed by atoms with Gasteiger partial charge in [-0.2, -0.15) is 0 Å². The third-order valence-corrected chi connectivity index (χ3v) is 6.58. The molecule has 6 nitrogen and oxygen atoms in total. The minimum absolute atomic E-state index is 0.153. The lowest BCUT2D eigenvalue weighted by atomic mass is 10.1. The summed E-state index contributed by atoms with van der Waals surface area (Å²) in [5.41, 5.74) is 1.83. The van der Waals surface area contributed by atoms with Crippen molar-refractivity contribution in [2.75, 3.05) is 11.0 Å². The van der Waals surface area contributed by atoms with Crippen molar-refractivity contribution in [2.24, 2.45) is 0 Å². The summed E-state index contributed by atoms with van der Waals surface area (Å²) in [7, 11) is -3.84. The number of hydrogen-bond donors (Lipinski definition) is 2. The van der Waals surface area contributed by atoms with Crippen LogP contribution in [0.15, 0.2) is 41.8 Å². The van der Waals surface area contributed by atoms with Crippen LogP contribution in [0.2, 0.25) is 0 Å². The van der Waals surface area contributed by atoms with Crippen molar-refractivity contribution in [3.63, 3.8) is 0 Å². The fourth-order valence-electron chi connectivity index (χ4n) is 3.33. The van der Waals surface area contributed by atoms with E-state index in [4.69, 9.17) is 0 Å². The van der Waals surface area contributed by atoms with Gasteiger partial charge in [0, 0.05) is 10.9 Å². The third kappa shape index (κ3) is 5.13. The highest BCUT2D eigenvalue weighted by Crippen LogP contribution is 2.41. The number of rotatable bonds is 7. The molecule has 0 spiro atoms. The van der Waals surface area contributed by atoms with Gasteiger partial charge < -0.3 is 5.32 Å². The molecule has 2 aromatic carbocycles. The first-order chi connectivity index (χ1) is 15.1. The van der Waals surface area contributed by atoms with Crippen molar-refractivity contribution < 1.29 is 22.0 Å². The molecule has 10 heteroatoms. The molecule has 1 amide bonds. The number of hydrogen-bond acceptors (Lipinski definition) is 5. The number of carbonyl (C=O) groups is 1. The highest BCUT2D eigenvalue weighted by atomic mass is 32.2. The van der Waals surface area contributed by atoms with Crippen molar-refractivity contribution in [1.29, 1.82) is 0 Å². The van der Waals surface area contributed by atoms with Gasteiger partial charge in [-0.15, -0.1) is 11.3 Å². The van der Waals surface area contributed by atoms with Crippen LogP contribution in [0.1, 0.15) is 53.3 Å². The maximum Gasteiger partial charge on any atom is 0.271 e. The van der Waals surface area contributed by atoms with E-state index in [9.17, 15) is 22.0 Å². The molecule has 2 N–H and O–H groups in total. The van der Waals surface area contributed by atoms with E-state index in [1.807, 2.05) is 16.9 Å². The van der Waals surface area contributed by atoms with Gasteiger partial charge in [0.2, 0.25) is 10.0 Å². The molecule has 0 saturated heterocycles. The largest absolute Gasteiger partial charge is 0.344 e. The van der Waals surface area contributed by atoms with Gasteiger partial charge in [0.25, 0.3) is 5.91 Å². The highest BCUT2D eigenvalue weighted by Gasteiger charge is 2.24. The number of halogens is 2. The first-order valence-corrected chi connectivity index (χ1v) is 12.7. The van der Waals surface area contributed by atoms with Crippen LogP contribution in [0, 0.1) is 11.6 Å². The molecular formula is C22H21F2N3O3S2. The zero-order chi connectivity index (χ0) is 23.0. The van der Waals surface area contributed by atoms with Gasteiger partial charge in [-0.3, -0.25) is 9.52 Å². The van der Waals surface area contributed by atoms with Gasteiger partial charge in [-0.1, -0.05) is 18.2 Å². The van der Waals surface area contributed by atoms with E-state index >= 15 is 0 Å². The van der Waals surface area contributed by atoms with Crippen LogP contribution in [-0.4, -0.2) is 25.6 Å². The van der Waals surface area contributed by atoms with E-state index in [1.165, 1.54) is 29.7 Å². The molecule has 1 heterocycles. The van der Waals surface area contributed by atoms with Crippen molar-refractivity contribution in [3.8, 4) is 10.6 Å². The Bertz CT molecular complexity index is 1260. The van der Waals surface area contributed by atoms with Gasteiger partial charge in [-0.05, 0) is 55.0 Å². The monoisotopic (exact) mass is 477 g/mol. The summed E-state index contributed by atoms with van der Waals surface area (Å²) in [6, 6.07) is 9.36. The Labute approximate surface area is 188 Å². The molecule has 0 aliphatic heterocycles. The fraction of sp³-hybridized carbons (Fsp3) is 0.273. The molecule has 168 valence electrons. The van der Waals surface area contributed by atoms with Crippen molar-refractivity contribution in [1.82, 2.24) is 10.3 Å². The van der Waals surface area contributed by atoms with Gasteiger partial charge in [-0.25, -0.2) is 22.2 Å². The molecule has 3 aromatic rings. The number of benzene rings is 2. The quantitative estimate of drug-likeness (QED) is 0.510. The SMILES string of the molecule is C[C@@H](NC(=O)c1csc(-c2cccc(C3CC3)c2)n1)c1cc(F)c(NS(C)(=O)=O)c(F)c1. The Kier molecular flexibility index (Phi) is 6.00. The summed E-state index contributed by atoms with van der Waals surface area (Å²) < 4.78 is 52.9. The minimum atomic E-state index is -3.84. The standard InChI is InChI=1S/C22H21F2N3O3S2/c1-12(16-9-17(23)20(18(24)10-16)27-32(2,29)30)25-21(28)19-11-31-22(26-19)15-5-3-4-14(8-15)13-6-7-13/h3-5,8-13,27H,6-7H2,1-2H3,(H,25,28)/t12-/m1/s1. The van der Waals surface area contributed by atoms with Crippen LogP contribution in [0.4, 0.5) is 14.5 Å². The number of amides is 1. The van der Waals surface area contributed by atoms with Crippen molar-refractivity contribution >= 4 is 33.0 Å². The van der Waals surface area contributed by atoms with Crippen molar-refractivity contribution in [3.05, 3.63) is 70.2 Å². The van der Waals surface area contributed by atoms with Crippen LogP contribution in [0.3, 0.4) is 0 Å². The van der Waals surface area contributed by atoms with Gasteiger partial charge >= 0.3 is 0 Å². The van der Waals surface area contributed by atoms with Crippen LogP contribution >= 0.6 is 11.3 Å². The average Bonchev–Trinajstić information content (AvgIpc) is 3.46. The van der Waals surface area contributed by atoms with Crippen molar-refractivity contribution in [2.45, 2.75) is 31.7 Å². The normalized spacial score (nSPS) is 14.8. The van der Waals surface area contributed by atoms with E-state index < -0.39 is 39.3 Å². The second-order valence-corrected chi connectivity index (χ2v) is 10.5. The number of thiazole rings is 1. The lowest BCUT2D eigenvalue weighted by Crippen LogP contribution is -2.27. The van der Waals surface area contributed by atoms with E-state index in [0.29, 0.717) is 5.92 Å². The zero-order valence-corrected chi connectivity index (χ0v) is 19.0. The number of aromatic nitrogens is 1. The van der Waals surface area contributed by atoms with E-state index in [1.54, 1.807) is 12.3 Å². The van der Waals surface area contributed by atoms with Crippen LogP contribution in [0.25, 0.3) is 10.6 Å². The summed E-state index contributed by atoms with van der Waals surface area (Å²) >= 11 is 1.35. The van der Waals surface area contributed by atoms with Gasteiger partial charge in [0.1, 0.15) is 16.4 Å². The molecular weight excluding hydrogens is 456 g/mol. The Hall–Kier alpha value is -2.85. The van der Waals surface area contributed by atoms with Crippen LogP contribution in [0.5, 0.6) is 0 Å². The topological polar surface area (TPSA) is 88.2 Å². The van der Waals surface area contributed by atoms with E-state index in [-0.39, 0.29) is 11.3 Å². The first kappa shape index (κ1) is 22.3. The Balaban J connectivity index is 1.48. The maximum absolute atomic E-state index is 14.3. The number of carbonyl (C=O) groups excluding carboxylic acids is 1. The molecule has 1 atom stereocenters. The summed E-state index contributed by atoms with van der Waals surface area (Å²) in [4.78, 5) is 17.1. The smallest absolute Gasteiger partial charge is 0.271 e. The fourth-order valence-corrected chi connectivity index (χ4v) is 4.70. The molecule has 0 radical (unpaired) electrons. The van der Waals surface area contributed by atoms with Gasteiger partial charge in [0.05, 0.1) is 12.3 Å². The summed E-state index contributed by atoms with van der Waals surface area (Å²) in [6.45, 7) is 1.57. The van der Waals surface area contributed by atoms with Gasteiger partial charge in [0.15, 0.2) is 11.6 Å². The first-order valence-electron chi connectivity index (χ1n) is 9.94. The highest BCUT2D eigenvalue weighted by molar-refractivity contribution is 7.92. The number of sulfonamides is 1. The Morgan fingerprint density at radius 1 is 1.19 bits per heavy atom. The minimum Gasteiger partial charge on any atom is -0.344 e. The summed E-state index contributed by atoms with van der Waals surface area (Å²) in [6.07, 6.45) is 3.19. The Morgan fingerprint density at radius 3 is 2.50 bits per heavy atom. The van der Waals surface area contributed by atoms with Crippen LogP contribution < -0.4 is 10.0 Å². The lowest BCUT2D eigenvalue weighted by Gasteiger charge is -2.15. The summed E-state index contributed by atoms with van der Waals surface area (Å²) in [5, 5.41) is 5.03. The second-order valence-electron chi connectivity index (χ2n) is 7.87. The number of nitrogens with one attached hydrogen (secondary N) is 2. The molecule has 1 aliphatic carbocycles. The maximum atomic E-state index is 14.3. The summed E-state index contributed by atoms with van der Waals surface area (Å²) in [5.74, 6) is -2.01. The predicted molar refractivity (Wildman–Crippen MR) is 120 cm³/mol. The van der Waals surface area contributed by atoms with Crippen LogP contribution in [-0.2, 0) is 10.0 Å². The molecule has 0 bridgehead atoms. The molecule has 0 unspecified atom stereocenters. The molecule has 1 aromatic heterocycles. The predicted octanol–water partition coefficient (Wildman–Crippen LogP) is 4.83. The molecule has 1 fully saturated rings. The lowest BCUT2D eigenvalue weighted by molar-refractivity contribution is 0.0935. The zero-order valence-electron chi connectivity index (χ0n) is 17.4. The molecule has 4 rings (SSSR count). The van der Waals surface area contributed by atoms with E-state index in [2.05, 4.69) is 22.4 Å². The number of nitrogens with zero attached hydrogens (tertiary/aromatic N) is 1. The second kappa shape index (κ2) is 8.59. The van der Waals surface area contributed by atoms with E-state index in [0.717, 1.165) is 29.0 Å². The number of anilines is 1. The molecule has 1 aliphatic rings.